The lowest BCUT2D eigenvalue weighted by Gasteiger charge is -2.03. The van der Waals surface area contributed by atoms with E-state index in [9.17, 15) is 4.79 Å². The lowest BCUT2D eigenvalue weighted by atomic mass is 10.4. The maximum absolute atomic E-state index is 11.1. The number of imidazole rings is 2. The number of aromatic amines is 1. The molecule has 0 aliphatic rings. The van der Waals surface area contributed by atoms with Gasteiger partial charge in [-0.1, -0.05) is 0 Å². The Hall–Kier alpha value is -3.08. The van der Waals surface area contributed by atoms with Gasteiger partial charge in [0.15, 0.2) is 5.43 Å². The predicted molar refractivity (Wildman–Crippen MR) is 105 cm³/mol. The zero-order valence-electron chi connectivity index (χ0n) is 13.8. The first-order valence-electron chi connectivity index (χ1n) is 7.39. The van der Waals surface area contributed by atoms with Crippen LogP contribution in [0.15, 0.2) is 50.7 Å². The van der Waals surface area contributed by atoms with E-state index in [1.54, 1.807) is 34.2 Å². The summed E-state index contributed by atoms with van der Waals surface area (Å²) in [6.45, 7) is 0. The van der Waals surface area contributed by atoms with Gasteiger partial charge in [-0.05, 0) is 31.9 Å². The number of nitriles is 2. The van der Waals surface area contributed by atoms with Gasteiger partial charge in [0.25, 0.3) is 0 Å². The summed E-state index contributed by atoms with van der Waals surface area (Å²) >= 11 is 6.56. The SMILES string of the molecule is COc1cc(Br)n2c(C#N)cnc2c1.N#Cc1c[nH]c2cc(=O)cc(Br)n12. The second kappa shape index (κ2) is 7.66. The van der Waals surface area contributed by atoms with Gasteiger partial charge in [0.2, 0.25) is 0 Å². The molecule has 0 spiro atoms. The van der Waals surface area contributed by atoms with Crippen LogP contribution in [0.3, 0.4) is 0 Å². The molecule has 0 saturated heterocycles. The first-order valence-corrected chi connectivity index (χ1v) is 8.98. The Morgan fingerprint density at radius 2 is 1.78 bits per heavy atom. The predicted octanol–water partition coefficient (Wildman–Crippen LogP) is 3.24. The van der Waals surface area contributed by atoms with Gasteiger partial charge in [0, 0.05) is 30.5 Å². The summed E-state index contributed by atoms with van der Waals surface area (Å²) in [7, 11) is 1.59. The minimum Gasteiger partial charge on any atom is -0.497 e. The third-order valence-electron chi connectivity index (χ3n) is 3.59. The number of nitrogens with one attached hydrogen (secondary N) is 1. The maximum atomic E-state index is 11.1. The second-order valence-electron chi connectivity index (χ2n) is 5.19. The zero-order chi connectivity index (χ0) is 19.6. The largest absolute Gasteiger partial charge is 0.497 e. The van der Waals surface area contributed by atoms with Gasteiger partial charge in [-0.2, -0.15) is 10.5 Å². The number of hydrogen-bond donors (Lipinski definition) is 1. The number of ether oxygens (including phenoxy) is 1. The first kappa shape index (κ1) is 18.7. The first-order chi connectivity index (χ1) is 13.0. The van der Waals surface area contributed by atoms with Gasteiger partial charge in [0.05, 0.1) is 22.5 Å². The third-order valence-corrected chi connectivity index (χ3v) is 4.76. The molecule has 0 saturated carbocycles. The van der Waals surface area contributed by atoms with Gasteiger partial charge in [-0.25, -0.2) is 4.98 Å². The molecule has 134 valence electrons. The highest BCUT2D eigenvalue weighted by Gasteiger charge is 2.07. The number of methoxy groups -OCH3 is 1. The Labute approximate surface area is 169 Å². The quantitative estimate of drug-likeness (QED) is 0.412. The molecule has 0 fully saturated rings. The molecular weight excluding hydrogens is 480 g/mol. The smallest absolute Gasteiger partial charge is 0.184 e. The molecule has 4 aromatic rings. The maximum Gasteiger partial charge on any atom is 0.184 e. The van der Waals surface area contributed by atoms with Gasteiger partial charge in [0.1, 0.15) is 40.6 Å². The number of halogens is 2. The number of H-pyrrole nitrogens is 1. The molecule has 4 aromatic heterocycles. The van der Waals surface area contributed by atoms with Gasteiger partial charge in [-0.15, -0.1) is 0 Å². The number of rotatable bonds is 1. The topological polar surface area (TPSA) is 111 Å². The van der Waals surface area contributed by atoms with E-state index in [4.69, 9.17) is 15.3 Å². The highest BCUT2D eigenvalue weighted by Crippen LogP contribution is 2.22. The van der Waals surface area contributed by atoms with Gasteiger partial charge >= 0.3 is 0 Å². The van der Waals surface area contributed by atoms with E-state index in [2.05, 4.69) is 47.9 Å². The van der Waals surface area contributed by atoms with Crippen molar-refractivity contribution in [2.75, 3.05) is 7.11 Å². The van der Waals surface area contributed by atoms with Crippen LogP contribution in [0.4, 0.5) is 0 Å². The van der Waals surface area contributed by atoms with Crippen molar-refractivity contribution in [1.82, 2.24) is 18.8 Å². The monoisotopic (exact) mass is 488 g/mol. The summed E-state index contributed by atoms with van der Waals surface area (Å²) in [4.78, 5) is 18.0. The van der Waals surface area contributed by atoms with Crippen LogP contribution in [-0.4, -0.2) is 25.9 Å². The third kappa shape index (κ3) is 3.58. The summed E-state index contributed by atoms with van der Waals surface area (Å²) in [6.07, 6.45) is 3.08. The van der Waals surface area contributed by atoms with Crippen LogP contribution in [0.1, 0.15) is 11.4 Å². The molecule has 0 radical (unpaired) electrons. The van der Waals surface area contributed by atoms with Crippen LogP contribution < -0.4 is 10.2 Å². The van der Waals surface area contributed by atoms with Crippen molar-refractivity contribution < 1.29 is 4.74 Å². The summed E-state index contributed by atoms with van der Waals surface area (Å²) in [6, 6.07) is 10.5. The highest BCUT2D eigenvalue weighted by atomic mass is 79.9. The molecule has 1 N–H and O–H groups in total. The number of pyridine rings is 2. The number of fused-ring (bicyclic) bond motifs is 2. The summed E-state index contributed by atoms with van der Waals surface area (Å²) < 4.78 is 9.74. The minimum absolute atomic E-state index is 0.0989. The lowest BCUT2D eigenvalue weighted by molar-refractivity contribution is 0.414. The Balaban J connectivity index is 0.000000156. The van der Waals surface area contributed by atoms with Crippen LogP contribution in [0, 0.1) is 22.7 Å². The molecule has 0 aliphatic carbocycles. The van der Waals surface area contributed by atoms with Crippen molar-refractivity contribution in [1.29, 1.82) is 10.5 Å². The minimum atomic E-state index is -0.0989. The van der Waals surface area contributed by atoms with E-state index in [-0.39, 0.29) is 5.43 Å². The Morgan fingerprint density at radius 1 is 1.07 bits per heavy atom. The molecule has 0 atom stereocenters. The Morgan fingerprint density at radius 3 is 2.44 bits per heavy atom. The van der Waals surface area contributed by atoms with E-state index in [0.29, 0.717) is 33.0 Å². The van der Waals surface area contributed by atoms with Gasteiger partial charge in [-0.3, -0.25) is 13.6 Å². The average Bonchev–Trinajstić information content (AvgIpc) is 3.25. The second-order valence-corrected chi connectivity index (χ2v) is 6.81. The highest BCUT2D eigenvalue weighted by molar-refractivity contribution is 9.10. The lowest BCUT2D eigenvalue weighted by Crippen LogP contribution is -2.01. The van der Waals surface area contributed by atoms with Crippen molar-refractivity contribution in [3.63, 3.8) is 0 Å². The summed E-state index contributed by atoms with van der Waals surface area (Å²) in [5.41, 5.74) is 2.15. The molecule has 4 heterocycles. The van der Waals surface area contributed by atoms with E-state index in [1.165, 1.54) is 18.3 Å². The van der Waals surface area contributed by atoms with Crippen LogP contribution in [0.5, 0.6) is 5.75 Å². The van der Waals surface area contributed by atoms with E-state index < -0.39 is 0 Å². The van der Waals surface area contributed by atoms with Crippen LogP contribution >= 0.6 is 31.9 Å². The van der Waals surface area contributed by atoms with E-state index >= 15 is 0 Å². The number of aromatic nitrogens is 4. The van der Waals surface area contributed by atoms with Crippen LogP contribution in [0.25, 0.3) is 11.3 Å². The van der Waals surface area contributed by atoms with Crippen molar-refractivity contribution in [2.24, 2.45) is 0 Å². The normalized spacial score (nSPS) is 10.1. The molecule has 0 bridgehead atoms. The van der Waals surface area contributed by atoms with Gasteiger partial charge < -0.3 is 9.72 Å². The molecule has 10 heteroatoms. The Bertz CT molecular complexity index is 1290. The fraction of sp³-hybridized carbons (Fsp3) is 0.0588. The summed E-state index contributed by atoms with van der Waals surface area (Å²) in [5.74, 6) is 0.708. The molecule has 4 rings (SSSR count). The molecule has 0 aliphatic heterocycles. The fourth-order valence-electron chi connectivity index (χ4n) is 2.42. The standard InChI is InChI=1S/C9H6BrN3O.C8H4BrN3O/c1-14-7-2-8(10)13-6(4-11)5-12-9(13)3-7;9-7-1-6(13)2-8-11-4-5(3-10)12(7)8/h2-3,5H,1H3;1-2,4,11H. The van der Waals surface area contributed by atoms with Crippen molar-refractivity contribution >= 4 is 43.2 Å². The molecular formula is C17H10Br2N6O2. The fourth-order valence-corrected chi connectivity index (χ4v) is 3.62. The number of hydrogen-bond acceptors (Lipinski definition) is 5. The molecule has 8 nitrogen and oxygen atoms in total. The van der Waals surface area contributed by atoms with Crippen molar-refractivity contribution in [3.8, 4) is 17.9 Å². The van der Waals surface area contributed by atoms with Crippen LogP contribution in [-0.2, 0) is 0 Å². The van der Waals surface area contributed by atoms with Crippen LogP contribution in [0.2, 0.25) is 0 Å². The van der Waals surface area contributed by atoms with E-state index in [0.717, 1.165) is 4.60 Å². The summed E-state index contributed by atoms with van der Waals surface area (Å²) in [5, 5.41) is 17.5. The molecule has 27 heavy (non-hydrogen) atoms. The Kier molecular flexibility index (Phi) is 5.31. The molecule has 0 amide bonds. The molecule has 0 aromatic carbocycles. The average molecular weight is 490 g/mol. The number of nitrogens with zero attached hydrogens (tertiary/aromatic N) is 5. The molecule has 0 unspecified atom stereocenters. The van der Waals surface area contributed by atoms with Crippen molar-refractivity contribution in [3.05, 3.63) is 67.5 Å². The zero-order valence-corrected chi connectivity index (χ0v) is 16.9. The van der Waals surface area contributed by atoms with Crippen molar-refractivity contribution in [2.45, 2.75) is 0 Å². The van der Waals surface area contributed by atoms with E-state index in [1.807, 2.05) is 6.07 Å².